The monoisotopic (exact) mass is 390 g/mol. The van der Waals surface area contributed by atoms with Gasteiger partial charge in [-0.15, -0.1) is 0 Å². The third-order valence-corrected chi connectivity index (χ3v) is 4.57. The Morgan fingerprint density at radius 2 is 1.71 bits per heavy atom. The van der Waals surface area contributed by atoms with Crippen LogP contribution in [0.3, 0.4) is 0 Å². The molecule has 0 unspecified atom stereocenters. The smallest absolute Gasteiger partial charge is 0.337 e. The molecular weight excluding hydrogens is 368 g/mol. The molecule has 0 amide bonds. The SMILES string of the molecule is COC(=O)c1cccc(-c2ccc(O[C@H]3O[C@H](CO)[C@@H](O)[C@@H](O)[C@H]3O)cc2)c1. The number of ether oxygens (including phenoxy) is 3. The summed E-state index contributed by atoms with van der Waals surface area (Å²) >= 11 is 0. The fourth-order valence-corrected chi connectivity index (χ4v) is 2.97. The molecule has 2 aromatic rings. The molecule has 1 fully saturated rings. The molecule has 1 saturated heterocycles. The number of rotatable bonds is 5. The van der Waals surface area contributed by atoms with Crippen molar-refractivity contribution in [2.75, 3.05) is 13.7 Å². The second-order valence-electron chi connectivity index (χ2n) is 6.41. The van der Waals surface area contributed by atoms with Gasteiger partial charge in [0, 0.05) is 0 Å². The summed E-state index contributed by atoms with van der Waals surface area (Å²) in [5.74, 6) is -0.0679. The van der Waals surface area contributed by atoms with E-state index in [2.05, 4.69) is 0 Å². The maximum Gasteiger partial charge on any atom is 0.337 e. The summed E-state index contributed by atoms with van der Waals surface area (Å²) in [7, 11) is 1.32. The molecule has 0 spiro atoms. The Balaban J connectivity index is 1.74. The topological polar surface area (TPSA) is 126 Å². The molecule has 4 N–H and O–H groups in total. The maximum atomic E-state index is 11.7. The first-order valence-corrected chi connectivity index (χ1v) is 8.70. The van der Waals surface area contributed by atoms with Gasteiger partial charge in [-0.2, -0.15) is 0 Å². The molecule has 0 saturated carbocycles. The van der Waals surface area contributed by atoms with E-state index >= 15 is 0 Å². The van der Waals surface area contributed by atoms with E-state index in [1.165, 1.54) is 7.11 Å². The molecule has 3 rings (SSSR count). The van der Waals surface area contributed by atoms with Crippen LogP contribution in [0.25, 0.3) is 11.1 Å². The Morgan fingerprint density at radius 1 is 1.00 bits per heavy atom. The van der Waals surface area contributed by atoms with Crippen LogP contribution >= 0.6 is 0 Å². The van der Waals surface area contributed by atoms with Crippen molar-refractivity contribution in [3.05, 3.63) is 54.1 Å². The summed E-state index contributed by atoms with van der Waals surface area (Å²) in [4.78, 5) is 11.7. The highest BCUT2D eigenvalue weighted by Crippen LogP contribution is 2.27. The Labute approximate surface area is 161 Å². The normalized spacial score (nSPS) is 27.2. The molecular formula is C20H22O8. The van der Waals surface area contributed by atoms with Crippen LogP contribution in [0.5, 0.6) is 5.75 Å². The zero-order chi connectivity index (χ0) is 20.3. The van der Waals surface area contributed by atoms with E-state index in [4.69, 9.17) is 14.2 Å². The fraction of sp³-hybridized carbons (Fsp3) is 0.350. The average Bonchev–Trinajstić information content (AvgIpc) is 2.74. The second kappa shape index (κ2) is 8.68. The van der Waals surface area contributed by atoms with E-state index in [0.29, 0.717) is 11.3 Å². The number of esters is 1. The van der Waals surface area contributed by atoms with Crippen molar-refractivity contribution in [1.29, 1.82) is 0 Å². The van der Waals surface area contributed by atoms with E-state index in [0.717, 1.165) is 11.1 Å². The minimum absolute atomic E-state index is 0.359. The third-order valence-electron chi connectivity index (χ3n) is 4.57. The average molecular weight is 390 g/mol. The fourth-order valence-electron chi connectivity index (χ4n) is 2.97. The second-order valence-corrected chi connectivity index (χ2v) is 6.41. The predicted molar refractivity (Wildman–Crippen MR) is 97.6 cm³/mol. The Bertz CT molecular complexity index is 804. The third kappa shape index (κ3) is 4.16. The van der Waals surface area contributed by atoms with Gasteiger partial charge in [0.2, 0.25) is 6.29 Å². The molecule has 0 aromatic heterocycles. The molecule has 8 heteroatoms. The number of aliphatic hydroxyl groups is 4. The zero-order valence-electron chi connectivity index (χ0n) is 15.1. The number of hydrogen-bond acceptors (Lipinski definition) is 8. The predicted octanol–water partition coefficient (Wildman–Crippen LogP) is 0.319. The standard InChI is InChI=1S/C20H22O8/c1-26-19(25)13-4-2-3-12(9-13)11-5-7-14(8-6-11)27-20-18(24)17(23)16(22)15(10-21)28-20/h2-9,15-18,20-24H,10H2,1H3/t15-,16-,17-,18-,20+/m1/s1. The molecule has 0 radical (unpaired) electrons. The number of methoxy groups -OCH3 is 1. The van der Waals surface area contributed by atoms with Gasteiger partial charge in [-0.3, -0.25) is 0 Å². The molecule has 8 nitrogen and oxygen atoms in total. The zero-order valence-corrected chi connectivity index (χ0v) is 15.1. The molecule has 2 aromatic carbocycles. The van der Waals surface area contributed by atoms with Gasteiger partial charge in [0.15, 0.2) is 0 Å². The molecule has 1 aliphatic heterocycles. The van der Waals surface area contributed by atoms with E-state index in [-0.39, 0.29) is 0 Å². The minimum Gasteiger partial charge on any atom is -0.465 e. The van der Waals surface area contributed by atoms with Gasteiger partial charge < -0.3 is 34.6 Å². The summed E-state index contributed by atoms with van der Waals surface area (Å²) < 4.78 is 15.6. The van der Waals surface area contributed by atoms with Gasteiger partial charge in [0.1, 0.15) is 30.2 Å². The molecule has 150 valence electrons. The summed E-state index contributed by atoms with van der Waals surface area (Å²) in [6, 6.07) is 13.8. The van der Waals surface area contributed by atoms with Crippen LogP contribution in [-0.2, 0) is 9.47 Å². The minimum atomic E-state index is -1.50. The van der Waals surface area contributed by atoms with Crippen LogP contribution in [0.1, 0.15) is 10.4 Å². The van der Waals surface area contributed by atoms with Gasteiger partial charge >= 0.3 is 5.97 Å². The van der Waals surface area contributed by atoms with Crippen molar-refractivity contribution in [1.82, 2.24) is 0 Å². The molecule has 0 aliphatic carbocycles. The number of benzene rings is 2. The van der Waals surface area contributed by atoms with Crippen LogP contribution in [0.2, 0.25) is 0 Å². The van der Waals surface area contributed by atoms with E-state index in [1.54, 1.807) is 42.5 Å². The van der Waals surface area contributed by atoms with Crippen LogP contribution in [0.15, 0.2) is 48.5 Å². The number of carbonyl (C=O) groups excluding carboxylic acids is 1. The quantitative estimate of drug-likeness (QED) is 0.538. The summed E-state index contributed by atoms with van der Waals surface area (Å²) in [6.45, 7) is -0.528. The van der Waals surface area contributed by atoms with E-state index < -0.39 is 43.3 Å². The van der Waals surface area contributed by atoms with Crippen molar-refractivity contribution >= 4 is 5.97 Å². The van der Waals surface area contributed by atoms with Gasteiger partial charge in [-0.1, -0.05) is 24.3 Å². The lowest BCUT2D eigenvalue weighted by atomic mass is 9.99. The summed E-state index contributed by atoms with van der Waals surface area (Å²) in [5, 5.41) is 38.9. The van der Waals surface area contributed by atoms with Crippen LogP contribution in [0.4, 0.5) is 0 Å². The lowest BCUT2D eigenvalue weighted by molar-refractivity contribution is -0.277. The number of hydrogen-bond donors (Lipinski definition) is 4. The van der Waals surface area contributed by atoms with Crippen LogP contribution in [-0.4, -0.2) is 70.8 Å². The molecule has 1 aliphatic rings. The van der Waals surface area contributed by atoms with Crippen molar-refractivity contribution in [2.45, 2.75) is 30.7 Å². The van der Waals surface area contributed by atoms with Gasteiger partial charge in [-0.25, -0.2) is 4.79 Å². The Kier molecular flexibility index (Phi) is 6.28. The Hall–Kier alpha value is -2.49. The highest BCUT2D eigenvalue weighted by Gasteiger charge is 2.44. The molecule has 28 heavy (non-hydrogen) atoms. The van der Waals surface area contributed by atoms with Crippen molar-refractivity contribution < 1.29 is 39.4 Å². The van der Waals surface area contributed by atoms with Crippen molar-refractivity contribution in [3.63, 3.8) is 0 Å². The lowest BCUT2D eigenvalue weighted by Crippen LogP contribution is -2.60. The first kappa shape index (κ1) is 20.2. The van der Waals surface area contributed by atoms with E-state index in [1.807, 2.05) is 6.07 Å². The van der Waals surface area contributed by atoms with Crippen molar-refractivity contribution in [2.24, 2.45) is 0 Å². The van der Waals surface area contributed by atoms with Gasteiger partial charge in [-0.05, 0) is 35.4 Å². The molecule has 0 bridgehead atoms. The Morgan fingerprint density at radius 3 is 2.36 bits per heavy atom. The first-order valence-electron chi connectivity index (χ1n) is 8.70. The highest BCUT2D eigenvalue weighted by atomic mass is 16.7. The molecule has 1 heterocycles. The van der Waals surface area contributed by atoms with Crippen molar-refractivity contribution in [3.8, 4) is 16.9 Å². The van der Waals surface area contributed by atoms with Crippen LogP contribution in [0, 0.1) is 0 Å². The number of carbonyl (C=O) groups is 1. The van der Waals surface area contributed by atoms with Crippen LogP contribution < -0.4 is 4.74 Å². The van der Waals surface area contributed by atoms with E-state index in [9.17, 15) is 25.2 Å². The highest BCUT2D eigenvalue weighted by molar-refractivity contribution is 5.90. The maximum absolute atomic E-state index is 11.7. The number of aliphatic hydroxyl groups excluding tert-OH is 4. The summed E-state index contributed by atoms with van der Waals surface area (Å²) in [6.07, 6.45) is -6.71. The first-order chi connectivity index (χ1) is 13.4. The summed E-state index contributed by atoms with van der Waals surface area (Å²) in [5.41, 5.74) is 2.07. The molecule has 5 atom stereocenters. The lowest BCUT2D eigenvalue weighted by Gasteiger charge is -2.39. The largest absolute Gasteiger partial charge is 0.465 e. The van der Waals surface area contributed by atoms with Gasteiger partial charge in [0.25, 0.3) is 0 Å². The van der Waals surface area contributed by atoms with Gasteiger partial charge in [0.05, 0.1) is 19.3 Å².